The average molecular weight is 182 g/mol. The summed E-state index contributed by atoms with van der Waals surface area (Å²) in [6, 6.07) is 0. The van der Waals surface area contributed by atoms with Crippen LogP contribution in [0, 0.1) is 10.1 Å². The van der Waals surface area contributed by atoms with E-state index in [1.807, 2.05) is 0 Å². The highest BCUT2D eigenvalue weighted by molar-refractivity contribution is 6.30. The molecule has 11 heavy (non-hydrogen) atoms. The quantitative estimate of drug-likeness (QED) is 0.273. The van der Waals surface area contributed by atoms with Crippen molar-refractivity contribution in [2.24, 2.45) is 0 Å². The van der Waals surface area contributed by atoms with Crippen molar-refractivity contribution < 1.29 is 14.5 Å². The van der Waals surface area contributed by atoms with Crippen LogP contribution in [-0.2, 0) is 9.53 Å². The highest BCUT2D eigenvalue weighted by Crippen LogP contribution is 1.98. The second-order valence-electron chi connectivity index (χ2n) is 1.73. The van der Waals surface area contributed by atoms with Crippen molar-refractivity contribution in [1.29, 1.82) is 0 Å². The third-order valence-corrected chi connectivity index (χ3v) is 1.17. The van der Waals surface area contributed by atoms with E-state index in [1.54, 1.807) is 6.92 Å². The van der Waals surface area contributed by atoms with Crippen LogP contribution in [0.25, 0.3) is 0 Å². The molecule has 0 radical (unpaired) electrons. The lowest BCUT2D eigenvalue weighted by Gasteiger charge is -2.02. The highest BCUT2D eigenvalue weighted by atomic mass is 35.5. The minimum atomic E-state index is -1.18. The van der Waals surface area contributed by atoms with Gasteiger partial charge in [-0.25, -0.2) is 0 Å². The van der Waals surface area contributed by atoms with E-state index in [0.717, 1.165) is 0 Å². The van der Waals surface area contributed by atoms with Crippen molar-refractivity contribution in [3.63, 3.8) is 0 Å². The molecule has 0 aliphatic carbocycles. The summed E-state index contributed by atoms with van der Waals surface area (Å²) < 4.78 is 4.43. The van der Waals surface area contributed by atoms with E-state index in [1.165, 1.54) is 0 Å². The number of halogens is 1. The average Bonchev–Trinajstić information content (AvgIpc) is 1.86. The zero-order valence-electron chi connectivity index (χ0n) is 5.95. The molecule has 0 bridgehead atoms. The SMILES string of the molecule is CCOC(=O)C(Cl)C[N+](=O)[O-]. The van der Waals surface area contributed by atoms with Crippen LogP contribution in [0.15, 0.2) is 0 Å². The molecule has 0 amide bonds. The van der Waals surface area contributed by atoms with Crippen molar-refractivity contribution in [2.75, 3.05) is 13.2 Å². The zero-order chi connectivity index (χ0) is 8.85. The lowest BCUT2D eigenvalue weighted by molar-refractivity contribution is -0.478. The van der Waals surface area contributed by atoms with Gasteiger partial charge < -0.3 is 4.74 Å². The number of rotatable bonds is 4. The third kappa shape index (κ3) is 4.55. The smallest absolute Gasteiger partial charge is 0.330 e. The number of hydrogen-bond donors (Lipinski definition) is 0. The van der Waals surface area contributed by atoms with Crippen molar-refractivity contribution in [2.45, 2.75) is 12.3 Å². The van der Waals surface area contributed by atoms with Gasteiger partial charge in [0.2, 0.25) is 6.54 Å². The van der Waals surface area contributed by atoms with Crippen LogP contribution >= 0.6 is 11.6 Å². The molecule has 5 nitrogen and oxygen atoms in total. The molecule has 1 unspecified atom stereocenters. The Morgan fingerprint density at radius 1 is 1.82 bits per heavy atom. The Kier molecular flexibility index (Phi) is 4.52. The Bertz CT molecular complexity index is 161. The van der Waals surface area contributed by atoms with E-state index in [4.69, 9.17) is 11.6 Å². The maximum Gasteiger partial charge on any atom is 0.330 e. The maximum absolute atomic E-state index is 10.6. The van der Waals surface area contributed by atoms with Crippen molar-refractivity contribution >= 4 is 17.6 Å². The highest BCUT2D eigenvalue weighted by Gasteiger charge is 2.21. The van der Waals surface area contributed by atoms with Crippen molar-refractivity contribution in [3.05, 3.63) is 10.1 Å². The fourth-order valence-corrected chi connectivity index (χ4v) is 0.614. The van der Waals surface area contributed by atoms with E-state index in [9.17, 15) is 14.9 Å². The van der Waals surface area contributed by atoms with Crippen LogP contribution < -0.4 is 0 Å². The standard InChI is InChI=1S/C5H8ClNO4/c1-2-11-5(8)4(6)3-7(9)10/h4H,2-3H2,1H3. The van der Waals surface area contributed by atoms with E-state index in [0.29, 0.717) is 0 Å². The predicted molar refractivity (Wildman–Crippen MR) is 38.1 cm³/mol. The predicted octanol–water partition coefficient (Wildman–Crippen LogP) is 0.434. The number of esters is 1. The molecule has 0 heterocycles. The number of carbonyl (C=O) groups is 1. The molecule has 0 N–H and O–H groups in total. The zero-order valence-corrected chi connectivity index (χ0v) is 6.71. The van der Waals surface area contributed by atoms with Crippen molar-refractivity contribution in [1.82, 2.24) is 0 Å². The number of nitrogens with zero attached hydrogens (tertiary/aromatic N) is 1. The molecular weight excluding hydrogens is 174 g/mol. The van der Waals surface area contributed by atoms with Crippen molar-refractivity contribution in [3.8, 4) is 0 Å². The Morgan fingerprint density at radius 3 is 2.73 bits per heavy atom. The number of alkyl halides is 1. The molecule has 0 saturated carbocycles. The Hall–Kier alpha value is -0.840. The second-order valence-corrected chi connectivity index (χ2v) is 2.26. The minimum absolute atomic E-state index is 0.180. The lowest BCUT2D eigenvalue weighted by Crippen LogP contribution is -2.25. The topological polar surface area (TPSA) is 69.4 Å². The molecule has 0 aliphatic heterocycles. The molecule has 0 aromatic heterocycles. The van der Waals surface area contributed by atoms with Gasteiger partial charge in [-0.05, 0) is 6.92 Å². The number of hydrogen-bond acceptors (Lipinski definition) is 4. The van der Waals surface area contributed by atoms with Gasteiger partial charge in [0.15, 0.2) is 5.38 Å². The molecule has 0 spiro atoms. The summed E-state index contributed by atoms with van der Waals surface area (Å²) in [5.74, 6) is -0.745. The normalized spacial score (nSPS) is 12.2. The van der Waals surface area contributed by atoms with E-state index in [-0.39, 0.29) is 6.61 Å². The Balaban J connectivity index is 3.73. The van der Waals surface area contributed by atoms with Crippen LogP contribution in [0.2, 0.25) is 0 Å². The van der Waals surface area contributed by atoms with Crippen LogP contribution in [-0.4, -0.2) is 29.4 Å². The van der Waals surface area contributed by atoms with Crippen LogP contribution in [0.5, 0.6) is 0 Å². The molecular formula is C5H8ClNO4. The van der Waals surface area contributed by atoms with Gasteiger partial charge in [0.25, 0.3) is 0 Å². The second kappa shape index (κ2) is 4.90. The summed E-state index contributed by atoms with van der Waals surface area (Å²) in [5, 5.41) is 8.66. The summed E-state index contributed by atoms with van der Waals surface area (Å²) >= 11 is 5.29. The van der Waals surface area contributed by atoms with Crippen LogP contribution in [0.3, 0.4) is 0 Å². The minimum Gasteiger partial charge on any atom is -0.465 e. The van der Waals surface area contributed by atoms with Gasteiger partial charge in [-0.3, -0.25) is 14.9 Å². The summed E-state index contributed by atoms with van der Waals surface area (Å²) in [6.07, 6.45) is 0. The molecule has 0 aromatic rings. The fourth-order valence-electron chi connectivity index (χ4n) is 0.438. The van der Waals surface area contributed by atoms with Crippen LogP contribution in [0.4, 0.5) is 0 Å². The maximum atomic E-state index is 10.6. The summed E-state index contributed by atoms with van der Waals surface area (Å²) in [4.78, 5) is 19.8. The lowest BCUT2D eigenvalue weighted by atomic mass is 10.4. The fraction of sp³-hybridized carbons (Fsp3) is 0.800. The Morgan fingerprint density at radius 2 is 2.36 bits per heavy atom. The molecule has 0 rings (SSSR count). The Labute approximate surface area is 68.4 Å². The first-order valence-electron chi connectivity index (χ1n) is 3.00. The molecule has 0 aromatic carbocycles. The van der Waals surface area contributed by atoms with E-state index >= 15 is 0 Å². The van der Waals surface area contributed by atoms with Gasteiger partial charge >= 0.3 is 5.97 Å². The largest absolute Gasteiger partial charge is 0.465 e. The van der Waals surface area contributed by atoms with Gasteiger partial charge in [-0.1, -0.05) is 0 Å². The first-order valence-corrected chi connectivity index (χ1v) is 3.44. The monoisotopic (exact) mass is 181 g/mol. The molecule has 0 aliphatic rings. The van der Waals surface area contributed by atoms with Gasteiger partial charge in [-0.15, -0.1) is 11.6 Å². The van der Waals surface area contributed by atoms with Crippen LogP contribution in [0.1, 0.15) is 6.92 Å². The summed E-state index contributed by atoms with van der Waals surface area (Å²) in [6.45, 7) is 1.19. The van der Waals surface area contributed by atoms with Gasteiger partial charge in [-0.2, -0.15) is 0 Å². The summed E-state index contributed by atoms with van der Waals surface area (Å²) in [7, 11) is 0. The summed E-state index contributed by atoms with van der Waals surface area (Å²) in [5.41, 5.74) is 0. The van der Waals surface area contributed by atoms with Gasteiger partial charge in [0, 0.05) is 4.92 Å². The van der Waals surface area contributed by atoms with Gasteiger partial charge in [0.05, 0.1) is 6.61 Å². The molecule has 6 heteroatoms. The molecule has 64 valence electrons. The number of ether oxygens (including phenoxy) is 1. The van der Waals surface area contributed by atoms with E-state index in [2.05, 4.69) is 4.74 Å². The number of nitro groups is 1. The van der Waals surface area contributed by atoms with Gasteiger partial charge in [0.1, 0.15) is 0 Å². The first-order chi connectivity index (χ1) is 5.07. The molecule has 0 saturated heterocycles. The first kappa shape index (κ1) is 10.2. The molecule has 1 atom stereocenters. The number of carbonyl (C=O) groups excluding carboxylic acids is 1. The molecule has 0 fully saturated rings. The van der Waals surface area contributed by atoms with E-state index < -0.39 is 22.8 Å². The third-order valence-electron chi connectivity index (χ3n) is 0.852.